The second-order valence-electron chi connectivity index (χ2n) is 6.69. The molecule has 1 aromatic carbocycles. The van der Waals surface area contributed by atoms with Gasteiger partial charge in [0.1, 0.15) is 0 Å². The molecule has 1 fully saturated rings. The zero-order chi connectivity index (χ0) is 18.7. The van der Waals surface area contributed by atoms with Crippen LogP contribution < -0.4 is 5.32 Å². The number of benzene rings is 1. The number of amides is 2. The molecule has 0 aliphatic carbocycles. The number of rotatable bonds is 4. The van der Waals surface area contributed by atoms with Crippen molar-refractivity contribution >= 4 is 29.2 Å². The van der Waals surface area contributed by atoms with E-state index in [-0.39, 0.29) is 12.1 Å². The second kappa shape index (κ2) is 8.29. The number of carbonyl (C=O) groups excluding carboxylic acids is 1. The lowest BCUT2D eigenvalue weighted by atomic mass is 10.0. The molecule has 2 N–H and O–H groups in total. The Bertz CT molecular complexity index is 757. The quantitative estimate of drug-likeness (QED) is 0.830. The summed E-state index contributed by atoms with van der Waals surface area (Å²) in [5, 5.41) is 10.5. The van der Waals surface area contributed by atoms with Crippen LogP contribution in [0, 0.1) is 0 Å². The van der Waals surface area contributed by atoms with E-state index in [1.54, 1.807) is 17.3 Å². The van der Waals surface area contributed by atoms with Crippen LogP contribution in [0.5, 0.6) is 0 Å². The molecule has 6 nitrogen and oxygen atoms in total. The van der Waals surface area contributed by atoms with Crippen molar-refractivity contribution in [3.8, 4) is 11.1 Å². The Labute approximate surface area is 163 Å². The molecule has 0 bridgehead atoms. The van der Waals surface area contributed by atoms with Gasteiger partial charge in [-0.1, -0.05) is 35.3 Å². The molecule has 1 aromatic heterocycles. The topological polar surface area (TPSA) is 64.3 Å². The lowest BCUT2D eigenvalue weighted by Crippen LogP contribution is -2.48. The number of nitrogens with zero attached hydrogens (tertiary/aromatic N) is 3. The molecule has 2 heterocycles. The van der Waals surface area contributed by atoms with Crippen molar-refractivity contribution in [1.82, 2.24) is 25.3 Å². The van der Waals surface area contributed by atoms with Crippen molar-refractivity contribution in [2.75, 3.05) is 27.2 Å². The smallest absolute Gasteiger partial charge is 0.317 e. The molecular weight excluding hydrogens is 373 g/mol. The summed E-state index contributed by atoms with van der Waals surface area (Å²) in [4.78, 5) is 16.5. The van der Waals surface area contributed by atoms with Gasteiger partial charge in [0, 0.05) is 37.0 Å². The van der Waals surface area contributed by atoms with E-state index in [0.29, 0.717) is 16.6 Å². The van der Waals surface area contributed by atoms with E-state index in [1.165, 1.54) is 0 Å². The van der Waals surface area contributed by atoms with Gasteiger partial charge in [0.05, 0.1) is 16.2 Å². The predicted octanol–water partition coefficient (Wildman–Crippen LogP) is 3.62. The molecular formula is C18H23Cl2N5O. The van der Waals surface area contributed by atoms with Crippen LogP contribution in [0.2, 0.25) is 10.0 Å². The SMILES string of the molecule is CN1CCC(N(C)C(=O)NCc2ccc(-c3cn[nH]c3)c(Cl)c2Cl)CC1. The lowest BCUT2D eigenvalue weighted by molar-refractivity contribution is 0.147. The van der Waals surface area contributed by atoms with Gasteiger partial charge in [-0.2, -0.15) is 5.10 Å². The number of nitrogens with one attached hydrogen (secondary N) is 2. The molecule has 2 aromatic rings. The van der Waals surface area contributed by atoms with E-state index in [1.807, 2.05) is 19.2 Å². The first-order valence-corrected chi connectivity index (χ1v) is 9.38. The second-order valence-corrected chi connectivity index (χ2v) is 7.45. The van der Waals surface area contributed by atoms with Gasteiger partial charge in [-0.05, 0) is 38.5 Å². The molecule has 140 valence electrons. The monoisotopic (exact) mass is 395 g/mol. The van der Waals surface area contributed by atoms with E-state index in [0.717, 1.165) is 42.6 Å². The number of H-pyrrole nitrogens is 1. The molecule has 0 spiro atoms. The summed E-state index contributed by atoms with van der Waals surface area (Å²) in [6, 6.07) is 3.95. The zero-order valence-corrected chi connectivity index (χ0v) is 16.4. The summed E-state index contributed by atoms with van der Waals surface area (Å²) in [7, 11) is 3.96. The van der Waals surface area contributed by atoms with E-state index in [9.17, 15) is 4.79 Å². The van der Waals surface area contributed by atoms with E-state index in [2.05, 4.69) is 27.5 Å². The normalized spacial score (nSPS) is 15.8. The number of hydrogen-bond acceptors (Lipinski definition) is 3. The fourth-order valence-corrected chi connectivity index (χ4v) is 3.72. The van der Waals surface area contributed by atoms with Crippen molar-refractivity contribution in [1.29, 1.82) is 0 Å². The van der Waals surface area contributed by atoms with Crippen molar-refractivity contribution in [3.05, 3.63) is 40.1 Å². The molecule has 1 aliphatic heterocycles. The van der Waals surface area contributed by atoms with Crippen molar-refractivity contribution in [3.63, 3.8) is 0 Å². The Morgan fingerprint density at radius 3 is 2.73 bits per heavy atom. The van der Waals surface area contributed by atoms with Crippen LogP contribution in [0.3, 0.4) is 0 Å². The minimum atomic E-state index is -0.0920. The summed E-state index contributed by atoms with van der Waals surface area (Å²) < 4.78 is 0. The van der Waals surface area contributed by atoms with Crippen molar-refractivity contribution < 1.29 is 4.79 Å². The van der Waals surface area contributed by atoms with Gasteiger partial charge in [-0.15, -0.1) is 0 Å². The summed E-state index contributed by atoms with van der Waals surface area (Å²) in [5.41, 5.74) is 2.47. The molecule has 0 atom stereocenters. The number of aromatic nitrogens is 2. The number of piperidine rings is 1. The van der Waals surface area contributed by atoms with Gasteiger partial charge in [0.25, 0.3) is 0 Å². The molecule has 2 amide bonds. The summed E-state index contributed by atoms with van der Waals surface area (Å²) in [6.07, 6.45) is 5.43. The summed E-state index contributed by atoms with van der Waals surface area (Å²) in [5.74, 6) is 0. The third kappa shape index (κ3) is 4.14. The summed E-state index contributed by atoms with van der Waals surface area (Å²) >= 11 is 12.8. The van der Waals surface area contributed by atoms with Gasteiger partial charge in [0.15, 0.2) is 0 Å². The zero-order valence-electron chi connectivity index (χ0n) is 14.9. The number of carbonyl (C=O) groups is 1. The number of likely N-dealkylation sites (tertiary alicyclic amines) is 1. The van der Waals surface area contributed by atoms with Crippen LogP contribution >= 0.6 is 23.2 Å². The van der Waals surface area contributed by atoms with E-state index in [4.69, 9.17) is 23.2 Å². The third-order valence-electron chi connectivity index (χ3n) is 4.96. The van der Waals surface area contributed by atoms with Crippen LogP contribution in [-0.2, 0) is 6.54 Å². The predicted molar refractivity (Wildman–Crippen MR) is 105 cm³/mol. The van der Waals surface area contributed by atoms with Gasteiger partial charge in [-0.25, -0.2) is 4.79 Å². The van der Waals surface area contributed by atoms with Crippen LogP contribution in [-0.4, -0.2) is 59.3 Å². The molecule has 8 heteroatoms. The van der Waals surface area contributed by atoms with Gasteiger partial charge in [0.2, 0.25) is 0 Å². The molecule has 0 saturated carbocycles. The largest absolute Gasteiger partial charge is 0.334 e. The summed E-state index contributed by atoms with van der Waals surface area (Å²) in [6.45, 7) is 2.36. The van der Waals surface area contributed by atoms with Crippen LogP contribution in [0.25, 0.3) is 11.1 Å². The maximum atomic E-state index is 12.5. The van der Waals surface area contributed by atoms with Crippen molar-refractivity contribution in [2.24, 2.45) is 0 Å². The highest BCUT2D eigenvalue weighted by molar-refractivity contribution is 6.44. The molecule has 0 radical (unpaired) electrons. The van der Waals surface area contributed by atoms with E-state index >= 15 is 0 Å². The van der Waals surface area contributed by atoms with Gasteiger partial charge in [-0.3, -0.25) is 5.10 Å². The Hall–Kier alpha value is -1.76. The van der Waals surface area contributed by atoms with Gasteiger partial charge < -0.3 is 15.1 Å². The lowest BCUT2D eigenvalue weighted by Gasteiger charge is -2.35. The first-order chi connectivity index (χ1) is 12.5. The average molecular weight is 396 g/mol. The van der Waals surface area contributed by atoms with Crippen LogP contribution in [0.15, 0.2) is 24.5 Å². The highest BCUT2D eigenvalue weighted by Crippen LogP contribution is 2.35. The maximum Gasteiger partial charge on any atom is 0.317 e. The number of urea groups is 1. The van der Waals surface area contributed by atoms with Crippen LogP contribution in [0.1, 0.15) is 18.4 Å². The Balaban J connectivity index is 1.62. The standard InChI is InChI=1S/C18H23Cl2N5O/c1-24-7-5-14(6-8-24)25(2)18(26)21-9-12-3-4-15(17(20)16(12)19)13-10-22-23-11-13/h3-4,10-11,14H,5-9H2,1-2H3,(H,21,26)(H,22,23). The van der Waals surface area contributed by atoms with Crippen molar-refractivity contribution in [2.45, 2.75) is 25.4 Å². The fraction of sp³-hybridized carbons (Fsp3) is 0.444. The molecule has 1 saturated heterocycles. The highest BCUT2D eigenvalue weighted by Gasteiger charge is 2.24. The van der Waals surface area contributed by atoms with Crippen LogP contribution in [0.4, 0.5) is 4.79 Å². The fourth-order valence-electron chi connectivity index (χ4n) is 3.19. The molecule has 26 heavy (non-hydrogen) atoms. The Morgan fingerprint density at radius 1 is 1.35 bits per heavy atom. The van der Waals surface area contributed by atoms with Gasteiger partial charge >= 0.3 is 6.03 Å². The molecule has 3 rings (SSSR count). The van der Waals surface area contributed by atoms with E-state index < -0.39 is 0 Å². The number of aromatic amines is 1. The minimum absolute atomic E-state index is 0.0920. The minimum Gasteiger partial charge on any atom is -0.334 e. The Kier molecular flexibility index (Phi) is 6.06. The average Bonchev–Trinajstić information content (AvgIpc) is 3.17. The maximum absolute atomic E-state index is 12.5. The highest BCUT2D eigenvalue weighted by atomic mass is 35.5. The molecule has 0 unspecified atom stereocenters. The molecule has 1 aliphatic rings. The third-order valence-corrected chi connectivity index (χ3v) is 5.88. The first kappa shape index (κ1) is 19.0. The first-order valence-electron chi connectivity index (χ1n) is 8.62. The number of hydrogen-bond donors (Lipinski definition) is 2. The Morgan fingerprint density at radius 2 is 2.08 bits per heavy atom. The number of halogens is 2.